The maximum atomic E-state index is 13.4. The third-order valence-electron chi connectivity index (χ3n) is 10.3. The van der Waals surface area contributed by atoms with Gasteiger partial charge in [0.2, 0.25) is 0 Å². The Labute approximate surface area is 282 Å². The molecule has 4 heterocycles. The Balaban J connectivity index is 1.11. The Morgan fingerprint density at radius 3 is 2.71 bits per heavy atom. The number of nitrogens with zero attached hydrogens (tertiary/aromatic N) is 5. The van der Waals surface area contributed by atoms with Gasteiger partial charge in [-0.25, -0.2) is 14.8 Å². The van der Waals surface area contributed by atoms with E-state index in [0.29, 0.717) is 26.2 Å². The van der Waals surface area contributed by atoms with Gasteiger partial charge in [0.05, 0.1) is 18.3 Å². The number of anilines is 1. The van der Waals surface area contributed by atoms with E-state index in [1.54, 1.807) is 0 Å². The molecule has 8 rings (SSSR count). The summed E-state index contributed by atoms with van der Waals surface area (Å²) in [5.41, 5.74) is 10.5. The van der Waals surface area contributed by atoms with Gasteiger partial charge < -0.3 is 14.4 Å². The number of ether oxygens (including phenoxy) is 2. The first-order valence-corrected chi connectivity index (χ1v) is 17.3. The van der Waals surface area contributed by atoms with Crippen molar-refractivity contribution in [3.05, 3.63) is 101 Å². The van der Waals surface area contributed by atoms with Crippen LogP contribution < -0.4 is 9.64 Å². The van der Waals surface area contributed by atoms with Crippen LogP contribution in [0.1, 0.15) is 79.8 Å². The number of rotatable bonds is 5. The minimum atomic E-state index is -0.303. The van der Waals surface area contributed by atoms with Gasteiger partial charge in [0.25, 0.3) is 0 Å². The molecule has 246 valence electrons. The highest BCUT2D eigenvalue weighted by atomic mass is 16.6. The lowest BCUT2D eigenvalue weighted by atomic mass is 9.76. The molecule has 0 N–H and O–H groups in total. The van der Waals surface area contributed by atoms with E-state index >= 15 is 0 Å². The Hall–Kier alpha value is -4.72. The lowest BCUT2D eigenvalue weighted by Gasteiger charge is -2.35. The number of aromatic nitrogens is 2. The summed E-state index contributed by atoms with van der Waals surface area (Å²) in [4.78, 5) is 32.9. The highest BCUT2D eigenvalue weighted by Crippen LogP contribution is 2.42. The van der Waals surface area contributed by atoms with Gasteiger partial charge in [0, 0.05) is 42.0 Å². The van der Waals surface area contributed by atoms with Crippen molar-refractivity contribution in [2.45, 2.75) is 78.5 Å². The number of hydrogen-bond acceptors (Lipinski definition) is 7. The van der Waals surface area contributed by atoms with Crippen molar-refractivity contribution in [2.75, 3.05) is 24.6 Å². The fourth-order valence-corrected chi connectivity index (χ4v) is 7.69. The number of aliphatic imine (C=N–C) groups is 1. The number of aryl methyl sites for hydroxylation is 1. The predicted molar refractivity (Wildman–Crippen MR) is 188 cm³/mol. The van der Waals surface area contributed by atoms with E-state index in [9.17, 15) is 4.79 Å². The molecule has 1 aromatic heterocycles. The summed E-state index contributed by atoms with van der Waals surface area (Å²) >= 11 is 0. The van der Waals surface area contributed by atoms with Crippen LogP contribution in [0.2, 0.25) is 0 Å². The summed E-state index contributed by atoms with van der Waals surface area (Å²) in [5.74, 6) is 2.63. The van der Waals surface area contributed by atoms with Gasteiger partial charge in [-0.2, -0.15) is 0 Å². The van der Waals surface area contributed by atoms with E-state index in [-0.39, 0.29) is 24.2 Å². The predicted octanol–water partition coefficient (Wildman–Crippen LogP) is 8.18. The molecule has 8 heteroatoms. The number of likely N-dealkylation sites (tertiary alicyclic amines) is 1. The van der Waals surface area contributed by atoms with Crippen LogP contribution in [0.25, 0.3) is 11.1 Å². The molecule has 4 aromatic rings. The second-order valence-electron chi connectivity index (χ2n) is 14.5. The smallest absolute Gasteiger partial charge is 0.410 e. The van der Waals surface area contributed by atoms with Gasteiger partial charge in [-0.1, -0.05) is 62.4 Å². The molecule has 3 aromatic carbocycles. The number of carbonyl (C=O) groups excluding carboxylic acids is 1. The van der Waals surface area contributed by atoms with Gasteiger partial charge in [0.1, 0.15) is 24.8 Å². The highest BCUT2D eigenvalue weighted by Gasteiger charge is 2.37. The molecule has 1 atom stereocenters. The third-order valence-corrected chi connectivity index (χ3v) is 10.3. The monoisotopic (exact) mass is 641 g/mol. The first kappa shape index (κ1) is 30.6. The zero-order chi connectivity index (χ0) is 32.8. The van der Waals surface area contributed by atoms with Crippen LogP contribution in [0.4, 0.5) is 16.3 Å². The van der Waals surface area contributed by atoms with Gasteiger partial charge in [-0.3, -0.25) is 9.89 Å². The summed E-state index contributed by atoms with van der Waals surface area (Å²) < 4.78 is 12.1. The Kier molecular flexibility index (Phi) is 7.89. The Morgan fingerprint density at radius 2 is 1.83 bits per heavy atom. The minimum Gasteiger partial charge on any atom is -0.491 e. The van der Waals surface area contributed by atoms with Crippen molar-refractivity contribution in [1.29, 1.82) is 0 Å². The first-order valence-electron chi connectivity index (χ1n) is 17.3. The van der Waals surface area contributed by atoms with E-state index in [2.05, 4.69) is 62.1 Å². The maximum Gasteiger partial charge on any atom is 0.410 e. The van der Waals surface area contributed by atoms with Crippen molar-refractivity contribution in [3.8, 4) is 16.9 Å². The second kappa shape index (κ2) is 12.4. The molecule has 3 aliphatic heterocycles. The summed E-state index contributed by atoms with van der Waals surface area (Å²) in [6.45, 7) is 9.63. The van der Waals surface area contributed by atoms with E-state index in [1.165, 1.54) is 11.1 Å². The summed E-state index contributed by atoms with van der Waals surface area (Å²) in [7, 11) is 0. The molecule has 48 heavy (non-hydrogen) atoms. The van der Waals surface area contributed by atoms with Crippen LogP contribution in [0.5, 0.6) is 5.75 Å². The highest BCUT2D eigenvalue weighted by molar-refractivity contribution is 5.93. The number of fused-ring (bicyclic) bond motifs is 3. The topological polar surface area (TPSA) is 80.2 Å². The molecule has 0 spiro atoms. The molecule has 1 amide bonds. The van der Waals surface area contributed by atoms with Gasteiger partial charge >= 0.3 is 6.09 Å². The van der Waals surface area contributed by atoms with Crippen LogP contribution in [0, 0.1) is 5.41 Å². The van der Waals surface area contributed by atoms with E-state index in [0.717, 1.165) is 95.3 Å². The molecular formula is C40H43N5O3. The molecule has 0 radical (unpaired) electrons. The largest absolute Gasteiger partial charge is 0.491 e. The van der Waals surface area contributed by atoms with E-state index in [1.807, 2.05) is 35.2 Å². The number of hydrogen-bond donors (Lipinski definition) is 0. The molecule has 4 aliphatic rings. The quantitative estimate of drug-likeness (QED) is 0.219. The van der Waals surface area contributed by atoms with Crippen molar-refractivity contribution in [2.24, 2.45) is 10.4 Å². The van der Waals surface area contributed by atoms with Crippen molar-refractivity contribution < 1.29 is 14.3 Å². The summed E-state index contributed by atoms with van der Waals surface area (Å²) in [6, 6.07) is 22.8. The fourth-order valence-electron chi connectivity index (χ4n) is 7.69. The van der Waals surface area contributed by atoms with Gasteiger partial charge in [-0.15, -0.1) is 0 Å². The van der Waals surface area contributed by atoms with Gasteiger partial charge in [0.15, 0.2) is 5.82 Å². The number of amides is 1. The Morgan fingerprint density at radius 1 is 1.00 bits per heavy atom. The molecular weight excluding hydrogens is 598 g/mol. The lowest BCUT2D eigenvalue weighted by molar-refractivity contribution is 0.0908. The molecule has 0 saturated carbocycles. The van der Waals surface area contributed by atoms with Crippen LogP contribution in [0.15, 0.2) is 71.7 Å². The zero-order valence-corrected chi connectivity index (χ0v) is 28.2. The minimum absolute atomic E-state index is 0.162. The number of benzene rings is 3. The zero-order valence-electron chi connectivity index (χ0n) is 28.2. The molecule has 8 nitrogen and oxygen atoms in total. The standard InChI is InChI=1S/C40H43N5O3/c1-26-20-30-12-11-29(22-34(30)41-26)28-13-14-36-31(21-28)24-44(18-19-47-36)38-32-23-40(2,3)16-15-33(32)42-37(43-38)35-10-7-17-45(35)39(46)48-25-27-8-5-4-6-9-27/h4-6,8-9,11-14,21-22,35H,7,10,15-20,23-25H2,1-3H3/t35-/m0/s1. The molecule has 0 bridgehead atoms. The third kappa shape index (κ3) is 6.04. The molecule has 1 aliphatic carbocycles. The van der Waals surface area contributed by atoms with Gasteiger partial charge in [-0.05, 0) is 84.9 Å². The molecule has 0 unspecified atom stereocenters. The molecule has 1 saturated heterocycles. The summed E-state index contributed by atoms with van der Waals surface area (Å²) in [5, 5.41) is 0. The fraction of sp³-hybridized carbons (Fsp3) is 0.400. The van der Waals surface area contributed by atoms with Crippen LogP contribution in [0.3, 0.4) is 0 Å². The number of carbonyl (C=O) groups is 1. The van der Waals surface area contributed by atoms with Crippen molar-refractivity contribution in [3.63, 3.8) is 0 Å². The van der Waals surface area contributed by atoms with Crippen molar-refractivity contribution >= 4 is 23.3 Å². The Bertz CT molecular complexity index is 1900. The lowest BCUT2D eigenvalue weighted by Crippen LogP contribution is -2.35. The van der Waals surface area contributed by atoms with E-state index < -0.39 is 0 Å². The average molecular weight is 642 g/mol. The SMILES string of the molecule is CC1=Nc2cc(-c3ccc4c(c3)CN(c3nc([C@@H]5CCCN5C(=O)OCc5ccccc5)nc5c3CC(C)(C)CC5)CCO4)ccc2C1. The second-order valence-corrected chi connectivity index (χ2v) is 14.5. The van der Waals surface area contributed by atoms with Crippen molar-refractivity contribution in [1.82, 2.24) is 14.9 Å². The first-order chi connectivity index (χ1) is 23.3. The van der Waals surface area contributed by atoms with Crippen LogP contribution >= 0.6 is 0 Å². The average Bonchev–Trinajstić information content (AvgIpc) is 3.67. The van der Waals surface area contributed by atoms with Crippen LogP contribution in [-0.2, 0) is 37.2 Å². The van der Waals surface area contributed by atoms with Crippen LogP contribution in [-0.4, -0.2) is 46.4 Å². The molecule has 1 fully saturated rings. The van der Waals surface area contributed by atoms with E-state index in [4.69, 9.17) is 24.4 Å². The normalized spacial score (nSPS) is 19.5. The maximum absolute atomic E-state index is 13.4. The summed E-state index contributed by atoms with van der Waals surface area (Å²) in [6.07, 6.45) is 5.24.